The van der Waals surface area contributed by atoms with Crippen molar-refractivity contribution in [3.05, 3.63) is 35.4 Å². The molecule has 0 saturated carbocycles. The highest BCUT2D eigenvalue weighted by atomic mass is 32.2. The molecule has 1 aromatic rings. The summed E-state index contributed by atoms with van der Waals surface area (Å²) < 4.78 is 22.4. The summed E-state index contributed by atoms with van der Waals surface area (Å²) in [6.45, 7) is 5.42. The lowest BCUT2D eigenvalue weighted by Crippen LogP contribution is -2.25. The van der Waals surface area contributed by atoms with Gasteiger partial charge in [-0.1, -0.05) is 31.2 Å². The van der Waals surface area contributed by atoms with Crippen molar-refractivity contribution in [3.8, 4) is 0 Å². The fraction of sp³-hybridized carbons (Fsp3) is 0.600. The Labute approximate surface area is 123 Å². The van der Waals surface area contributed by atoms with Gasteiger partial charge in [-0.3, -0.25) is 0 Å². The van der Waals surface area contributed by atoms with Crippen molar-refractivity contribution < 1.29 is 8.42 Å². The molecule has 0 spiro atoms. The average Bonchev–Trinajstić information content (AvgIpc) is 2.38. The molecule has 0 aliphatic rings. The first-order valence-electron chi connectivity index (χ1n) is 7.06. The average molecular weight is 298 g/mol. The van der Waals surface area contributed by atoms with Crippen LogP contribution >= 0.6 is 0 Å². The van der Waals surface area contributed by atoms with Crippen molar-refractivity contribution in [1.29, 1.82) is 0 Å². The maximum atomic E-state index is 11.2. The van der Waals surface area contributed by atoms with Gasteiger partial charge in [0.15, 0.2) is 0 Å². The second kappa shape index (κ2) is 8.39. The van der Waals surface area contributed by atoms with Crippen molar-refractivity contribution in [2.75, 3.05) is 38.7 Å². The summed E-state index contributed by atoms with van der Waals surface area (Å²) in [5, 5.41) is 3.33. The Hall–Kier alpha value is -0.910. The molecule has 0 radical (unpaired) electrons. The number of hydrogen-bond donors (Lipinski definition) is 1. The van der Waals surface area contributed by atoms with Gasteiger partial charge in [0.05, 0.1) is 5.75 Å². The molecule has 20 heavy (non-hydrogen) atoms. The summed E-state index contributed by atoms with van der Waals surface area (Å²) in [5.74, 6) is 0.211. The molecule has 0 atom stereocenters. The Bertz CT molecular complexity index is 500. The Balaban J connectivity index is 2.57. The molecule has 0 heterocycles. The normalized spacial score (nSPS) is 12.0. The van der Waals surface area contributed by atoms with Gasteiger partial charge in [-0.05, 0) is 37.7 Å². The first-order valence-corrected chi connectivity index (χ1v) is 9.12. The summed E-state index contributed by atoms with van der Waals surface area (Å²) in [6, 6.07) is 8.37. The summed E-state index contributed by atoms with van der Waals surface area (Å²) in [7, 11) is -0.926. The number of sulfone groups is 1. The van der Waals surface area contributed by atoms with Crippen LogP contribution in [0, 0.1) is 0 Å². The van der Waals surface area contributed by atoms with Crippen LogP contribution in [0.25, 0.3) is 0 Å². The molecule has 0 amide bonds. The van der Waals surface area contributed by atoms with Crippen molar-refractivity contribution >= 4 is 9.84 Å². The van der Waals surface area contributed by atoms with E-state index < -0.39 is 9.84 Å². The largest absolute Gasteiger partial charge is 0.317 e. The number of nitrogens with zero attached hydrogens (tertiary/aromatic N) is 1. The number of likely N-dealkylation sites (N-methyl/N-ethyl adjacent to an activating group) is 1. The maximum absolute atomic E-state index is 11.2. The Morgan fingerprint density at radius 3 is 2.45 bits per heavy atom. The molecule has 1 rings (SSSR count). The highest BCUT2D eigenvalue weighted by Gasteiger charge is 2.08. The third kappa shape index (κ3) is 7.03. The molecular formula is C15H26N2O2S. The fourth-order valence-corrected chi connectivity index (χ4v) is 2.69. The van der Waals surface area contributed by atoms with Gasteiger partial charge >= 0.3 is 0 Å². The van der Waals surface area contributed by atoms with Crippen molar-refractivity contribution in [2.45, 2.75) is 19.9 Å². The Morgan fingerprint density at radius 1 is 1.20 bits per heavy atom. The molecular weight excluding hydrogens is 272 g/mol. The number of hydrogen-bond acceptors (Lipinski definition) is 4. The molecule has 0 bridgehead atoms. The number of nitrogens with one attached hydrogen (secondary N) is 1. The minimum Gasteiger partial charge on any atom is -0.317 e. The monoisotopic (exact) mass is 298 g/mol. The highest BCUT2D eigenvalue weighted by Crippen LogP contribution is 2.11. The van der Waals surface area contributed by atoms with Crippen LogP contribution in [0.15, 0.2) is 24.3 Å². The van der Waals surface area contributed by atoms with Gasteiger partial charge in [0.25, 0.3) is 0 Å². The topological polar surface area (TPSA) is 49.4 Å². The van der Waals surface area contributed by atoms with Crippen molar-refractivity contribution in [2.24, 2.45) is 0 Å². The predicted molar refractivity (Wildman–Crippen MR) is 84.7 cm³/mol. The molecule has 0 fully saturated rings. The van der Waals surface area contributed by atoms with E-state index in [0.717, 1.165) is 26.1 Å². The molecule has 4 nitrogen and oxygen atoms in total. The third-order valence-electron chi connectivity index (χ3n) is 3.22. The molecule has 114 valence electrons. The first-order chi connectivity index (χ1) is 9.42. The zero-order valence-corrected chi connectivity index (χ0v) is 13.5. The van der Waals surface area contributed by atoms with Crippen molar-refractivity contribution in [1.82, 2.24) is 10.2 Å². The number of rotatable bonds is 9. The molecule has 0 saturated heterocycles. The quantitative estimate of drug-likeness (QED) is 0.699. The lowest BCUT2D eigenvalue weighted by molar-refractivity contribution is 0.345. The second-order valence-corrected chi connectivity index (χ2v) is 7.50. The minimum atomic E-state index is -2.89. The van der Waals surface area contributed by atoms with Crippen LogP contribution in [0.1, 0.15) is 18.1 Å². The maximum Gasteiger partial charge on any atom is 0.148 e. The van der Waals surface area contributed by atoms with Crippen LogP contribution in [0.3, 0.4) is 0 Å². The van der Waals surface area contributed by atoms with E-state index in [4.69, 9.17) is 0 Å². The summed E-state index contributed by atoms with van der Waals surface area (Å²) in [5.41, 5.74) is 2.61. The molecule has 0 aromatic heterocycles. The molecule has 0 unspecified atom stereocenters. The minimum absolute atomic E-state index is 0.211. The second-order valence-electron chi connectivity index (χ2n) is 5.24. The zero-order valence-electron chi connectivity index (χ0n) is 12.7. The van der Waals surface area contributed by atoms with Crippen LogP contribution in [0.5, 0.6) is 0 Å². The van der Waals surface area contributed by atoms with Gasteiger partial charge in [0.1, 0.15) is 9.84 Å². The molecule has 0 aliphatic carbocycles. The predicted octanol–water partition coefficient (Wildman–Crippen LogP) is 1.32. The standard InChI is InChI=1S/C15H26N2O2S/c1-4-16-10-9-14-7-5-6-8-15(14)13-17(2)11-12-20(3,18)19/h5-8,16H,4,9-13H2,1-3H3. The first kappa shape index (κ1) is 17.1. The summed E-state index contributed by atoms with van der Waals surface area (Å²) in [4.78, 5) is 2.06. The van der Waals surface area contributed by atoms with E-state index in [2.05, 4.69) is 35.3 Å². The van der Waals surface area contributed by atoms with Gasteiger partial charge in [0.2, 0.25) is 0 Å². The Kier molecular flexibility index (Phi) is 7.19. The zero-order chi connectivity index (χ0) is 15.0. The van der Waals surface area contributed by atoms with Crippen LogP contribution in [-0.4, -0.2) is 52.0 Å². The van der Waals surface area contributed by atoms with Crippen LogP contribution in [0.4, 0.5) is 0 Å². The van der Waals surface area contributed by atoms with Gasteiger partial charge in [-0.2, -0.15) is 0 Å². The summed E-state index contributed by atoms with van der Waals surface area (Å²) >= 11 is 0. The smallest absolute Gasteiger partial charge is 0.148 e. The highest BCUT2D eigenvalue weighted by molar-refractivity contribution is 7.90. The molecule has 1 N–H and O–H groups in total. The van der Waals surface area contributed by atoms with E-state index >= 15 is 0 Å². The lowest BCUT2D eigenvalue weighted by Gasteiger charge is -2.18. The van der Waals surface area contributed by atoms with Crippen LogP contribution < -0.4 is 5.32 Å². The van der Waals surface area contributed by atoms with E-state index in [1.165, 1.54) is 17.4 Å². The van der Waals surface area contributed by atoms with Crippen LogP contribution in [-0.2, 0) is 22.8 Å². The molecule has 1 aromatic carbocycles. The SMILES string of the molecule is CCNCCc1ccccc1CN(C)CCS(C)(=O)=O. The van der Waals surface area contributed by atoms with Gasteiger partial charge in [-0.15, -0.1) is 0 Å². The third-order valence-corrected chi connectivity index (χ3v) is 4.15. The molecule has 5 heteroatoms. The van der Waals surface area contributed by atoms with E-state index in [9.17, 15) is 8.42 Å². The van der Waals surface area contributed by atoms with E-state index in [0.29, 0.717) is 6.54 Å². The van der Waals surface area contributed by atoms with E-state index in [1.54, 1.807) is 0 Å². The van der Waals surface area contributed by atoms with Crippen LogP contribution in [0.2, 0.25) is 0 Å². The van der Waals surface area contributed by atoms with E-state index in [1.807, 2.05) is 13.1 Å². The molecule has 0 aliphatic heterocycles. The fourth-order valence-electron chi connectivity index (χ4n) is 2.05. The van der Waals surface area contributed by atoms with E-state index in [-0.39, 0.29) is 5.75 Å². The summed E-state index contributed by atoms with van der Waals surface area (Å²) in [6.07, 6.45) is 2.29. The number of benzene rings is 1. The van der Waals surface area contributed by atoms with Gasteiger partial charge in [0, 0.05) is 19.3 Å². The Morgan fingerprint density at radius 2 is 1.85 bits per heavy atom. The van der Waals surface area contributed by atoms with Crippen molar-refractivity contribution in [3.63, 3.8) is 0 Å². The van der Waals surface area contributed by atoms with Gasteiger partial charge in [-0.25, -0.2) is 8.42 Å². The van der Waals surface area contributed by atoms with Gasteiger partial charge < -0.3 is 10.2 Å². The lowest BCUT2D eigenvalue weighted by atomic mass is 10.0.